The molecule has 2 aromatic rings. The van der Waals surface area contributed by atoms with Crippen molar-refractivity contribution in [2.75, 3.05) is 5.32 Å². The largest absolute Gasteiger partial charge is 0.419 e. The minimum atomic E-state index is -4.91. The maximum atomic E-state index is 14.0. The smallest absolute Gasteiger partial charge is 0.322 e. The molecule has 0 heterocycles. The molecule has 2 rings (SSSR count). The fourth-order valence-corrected chi connectivity index (χ4v) is 3.64. The maximum absolute atomic E-state index is 14.0. The van der Waals surface area contributed by atoms with E-state index in [1.165, 1.54) is 0 Å². The van der Waals surface area contributed by atoms with Gasteiger partial charge in [-0.05, 0) is 49.7 Å². The summed E-state index contributed by atoms with van der Waals surface area (Å²) in [4.78, 5) is 11.9. The molecule has 2 aromatic carbocycles. The lowest BCUT2D eigenvalue weighted by atomic mass is 10.1. The zero-order valence-electron chi connectivity index (χ0n) is 15.3. The first-order valence-corrected chi connectivity index (χ1v) is 9.83. The van der Waals surface area contributed by atoms with Crippen LogP contribution in [0.4, 0.5) is 27.6 Å². The molecule has 5 nitrogen and oxygen atoms in total. The Labute approximate surface area is 164 Å². The minimum Gasteiger partial charge on any atom is -0.322 e. The van der Waals surface area contributed by atoms with Gasteiger partial charge in [-0.25, -0.2) is 21.9 Å². The number of halogens is 5. The van der Waals surface area contributed by atoms with Crippen LogP contribution in [0.1, 0.15) is 36.2 Å². The summed E-state index contributed by atoms with van der Waals surface area (Å²) in [6.45, 7) is 3.37. The molecule has 29 heavy (non-hydrogen) atoms. The van der Waals surface area contributed by atoms with E-state index in [-0.39, 0.29) is 10.6 Å². The maximum Gasteiger partial charge on any atom is 0.419 e. The zero-order valence-corrected chi connectivity index (χ0v) is 16.1. The van der Waals surface area contributed by atoms with E-state index in [9.17, 15) is 35.2 Å². The first-order valence-electron chi connectivity index (χ1n) is 8.35. The fraction of sp³-hybridized carbons (Fsp3) is 0.278. The molecule has 1 atom stereocenters. The van der Waals surface area contributed by atoms with Gasteiger partial charge >= 0.3 is 6.18 Å². The molecule has 0 radical (unpaired) electrons. The molecule has 0 saturated heterocycles. The zero-order chi connectivity index (χ0) is 22.0. The van der Waals surface area contributed by atoms with Gasteiger partial charge in [-0.15, -0.1) is 0 Å². The number of hydrogen-bond donors (Lipinski definition) is 2. The molecule has 2 N–H and O–H groups in total. The number of alkyl halides is 3. The molecule has 1 unspecified atom stereocenters. The SMILES string of the molecule is CCC(C)NS(=O)(=O)c1ccc(F)c(C(=O)Nc2ccc(C(F)(F)F)c(F)c2)c1. The van der Waals surface area contributed by atoms with Crippen molar-refractivity contribution in [1.29, 1.82) is 0 Å². The van der Waals surface area contributed by atoms with Crippen molar-refractivity contribution in [2.45, 2.75) is 37.4 Å². The van der Waals surface area contributed by atoms with Crippen LogP contribution < -0.4 is 10.0 Å². The highest BCUT2D eigenvalue weighted by molar-refractivity contribution is 7.89. The third kappa shape index (κ3) is 5.51. The molecule has 0 saturated carbocycles. The summed E-state index contributed by atoms with van der Waals surface area (Å²) in [6.07, 6.45) is -4.42. The van der Waals surface area contributed by atoms with Crippen molar-refractivity contribution in [3.63, 3.8) is 0 Å². The molecule has 11 heteroatoms. The van der Waals surface area contributed by atoms with Gasteiger partial charge in [-0.1, -0.05) is 6.92 Å². The third-order valence-corrected chi connectivity index (χ3v) is 5.58. The summed E-state index contributed by atoms with van der Waals surface area (Å²) in [5.41, 5.74) is -2.55. The molecular formula is C18H17F5N2O3S. The van der Waals surface area contributed by atoms with Gasteiger partial charge in [-0.2, -0.15) is 13.2 Å². The van der Waals surface area contributed by atoms with E-state index in [2.05, 4.69) is 4.72 Å². The lowest BCUT2D eigenvalue weighted by Crippen LogP contribution is -2.32. The molecule has 0 aliphatic heterocycles. The Balaban J connectivity index is 2.31. The van der Waals surface area contributed by atoms with Crippen molar-refractivity contribution < 1.29 is 35.2 Å². The standard InChI is InChI=1S/C18H17F5N2O3S/c1-3-10(2)25-29(27,28)12-5-7-15(19)13(9-12)17(26)24-11-4-6-14(16(20)8-11)18(21,22)23/h4-10,25H,3H2,1-2H3,(H,24,26). The summed E-state index contributed by atoms with van der Waals surface area (Å²) in [7, 11) is -4.03. The van der Waals surface area contributed by atoms with Crippen LogP contribution in [-0.4, -0.2) is 20.4 Å². The number of nitrogens with one attached hydrogen (secondary N) is 2. The molecule has 0 spiro atoms. The Morgan fingerprint density at radius 3 is 2.28 bits per heavy atom. The number of carbonyl (C=O) groups is 1. The molecular weight excluding hydrogens is 419 g/mol. The topological polar surface area (TPSA) is 75.3 Å². The highest BCUT2D eigenvalue weighted by atomic mass is 32.2. The summed E-state index contributed by atoms with van der Waals surface area (Å²) in [5, 5.41) is 2.05. The van der Waals surface area contributed by atoms with Gasteiger partial charge in [0.25, 0.3) is 5.91 Å². The van der Waals surface area contributed by atoms with Crippen LogP contribution in [0, 0.1) is 11.6 Å². The number of sulfonamides is 1. The van der Waals surface area contributed by atoms with Gasteiger partial charge in [-0.3, -0.25) is 4.79 Å². The van der Waals surface area contributed by atoms with Crippen molar-refractivity contribution in [1.82, 2.24) is 4.72 Å². The second-order valence-electron chi connectivity index (χ2n) is 6.22. The van der Waals surface area contributed by atoms with Crippen LogP contribution in [0.5, 0.6) is 0 Å². The van der Waals surface area contributed by atoms with E-state index in [0.717, 1.165) is 24.3 Å². The van der Waals surface area contributed by atoms with E-state index in [0.29, 0.717) is 18.6 Å². The van der Waals surface area contributed by atoms with E-state index in [1.807, 2.05) is 5.32 Å². The number of carbonyl (C=O) groups excluding carboxylic acids is 1. The second kappa shape index (κ2) is 8.46. The number of anilines is 1. The predicted molar refractivity (Wildman–Crippen MR) is 95.8 cm³/mol. The number of benzene rings is 2. The highest BCUT2D eigenvalue weighted by Gasteiger charge is 2.34. The van der Waals surface area contributed by atoms with Crippen LogP contribution in [0.2, 0.25) is 0 Å². The Morgan fingerprint density at radius 1 is 1.07 bits per heavy atom. The van der Waals surface area contributed by atoms with Crippen molar-refractivity contribution >= 4 is 21.6 Å². The summed E-state index contributed by atoms with van der Waals surface area (Å²) in [5.74, 6) is -3.83. The van der Waals surface area contributed by atoms with Gasteiger partial charge in [0.1, 0.15) is 11.6 Å². The lowest BCUT2D eigenvalue weighted by molar-refractivity contribution is -0.139. The Morgan fingerprint density at radius 2 is 1.72 bits per heavy atom. The van der Waals surface area contributed by atoms with Crippen LogP contribution in [0.15, 0.2) is 41.3 Å². The normalized spacial score (nSPS) is 13.2. The molecule has 0 bridgehead atoms. The minimum absolute atomic E-state index is 0.356. The molecule has 0 fully saturated rings. The van der Waals surface area contributed by atoms with Crippen LogP contribution in [0.25, 0.3) is 0 Å². The third-order valence-electron chi connectivity index (χ3n) is 3.99. The van der Waals surface area contributed by atoms with Crippen LogP contribution in [-0.2, 0) is 16.2 Å². The number of amides is 1. The first kappa shape index (κ1) is 22.8. The average molecular weight is 436 g/mol. The fourth-order valence-electron chi connectivity index (χ4n) is 2.28. The van der Waals surface area contributed by atoms with Gasteiger partial charge in [0.2, 0.25) is 10.0 Å². The Bertz CT molecular complexity index is 1020. The monoisotopic (exact) mass is 436 g/mol. The average Bonchev–Trinajstić information content (AvgIpc) is 2.60. The van der Waals surface area contributed by atoms with Crippen molar-refractivity contribution in [3.05, 3.63) is 59.2 Å². The highest BCUT2D eigenvalue weighted by Crippen LogP contribution is 2.32. The molecule has 158 valence electrons. The predicted octanol–water partition coefficient (Wildman–Crippen LogP) is 4.31. The van der Waals surface area contributed by atoms with Crippen LogP contribution >= 0.6 is 0 Å². The number of hydrogen-bond acceptors (Lipinski definition) is 3. The molecule has 1 amide bonds. The first-order chi connectivity index (χ1) is 13.3. The molecule has 0 aliphatic carbocycles. The van der Waals surface area contributed by atoms with E-state index >= 15 is 0 Å². The van der Waals surface area contributed by atoms with E-state index in [1.54, 1.807) is 13.8 Å². The van der Waals surface area contributed by atoms with E-state index in [4.69, 9.17) is 0 Å². The van der Waals surface area contributed by atoms with Gasteiger partial charge < -0.3 is 5.32 Å². The van der Waals surface area contributed by atoms with Crippen molar-refractivity contribution in [3.8, 4) is 0 Å². The second-order valence-corrected chi connectivity index (χ2v) is 7.93. The van der Waals surface area contributed by atoms with Gasteiger partial charge in [0.05, 0.1) is 16.0 Å². The number of rotatable bonds is 6. The van der Waals surface area contributed by atoms with E-state index < -0.39 is 50.9 Å². The quantitative estimate of drug-likeness (QED) is 0.663. The Kier molecular flexibility index (Phi) is 6.63. The summed E-state index contributed by atoms with van der Waals surface area (Å²) >= 11 is 0. The van der Waals surface area contributed by atoms with Gasteiger partial charge in [0.15, 0.2) is 0 Å². The van der Waals surface area contributed by atoms with Crippen molar-refractivity contribution in [2.24, 2.45) is 0 Å². The lowest BCUT2D eigenvalue weighted by Gasteiger charge is -2.13. The summed E-state index contributed by atoms with van der Waals surface area (Å²) in [6, 6.07) is 3.78. The van der Waals surface area contributed by atoms with Crippen LogP contribution in [0.3, 0.4) is 0 Å². The molecule has 0 aromatic heterocycles. The molecule has 0 aliphatic rings. The van der Waals surface area contributed by atoms with Gasteiger partial charge in [0, 0.05) is 11.7 Å². The summed E-state index contributed by atoms with van der Waals surface area (Å²) < 4.78 is 92.4. The Hall–Kier alpha value is -2.53.